The summed E-state index contributed by atoms with van der Waals surface area (Å²) in [6, 6.07) is 5.63. The number of rotatable bonds is 7. The van der Waals surface area contributed by atoms with Crippen molar-refractivity contribution in [1.82, 2.24) is 0 Å². The van der Waals surface area contributed by atoms with E-state index in [4.69, 9.17) is 0 Å². The van der Waals surface area contributed by atoms with Gasteiger partial charge in [0.2, 0.25) is 0 Å². The fourth-order valence-electron chi connectivity index (χ4n) is 3.55. The van der Waals surface area contributed by atoms with E-state index in [-0.39, 0.29) is 33.1 Å². The number of ether oxygens (including phenoxy) is 1. The van der Waals surface area contributed by atoms with Crippen molar-refractivity contribution in [3.63, 3.8) is 0 Å². The minimum absolute atomic E-state index is 0.0212. The number of aliphatic hydroxyl groups is 1. The molecule has 1 heterocycles. The lowest BCUT2D eigenvalue weighted by molar-refractivity contribution is -0.177. The summed E-state index contributed by atoms with van der Waals surface area (Å²) in [4.78, 5) is 13.1. The van der Waals surface area contributed by atoms with Crippen LogP contribution in [0.1, 0.15) is 60.6 Å². The Hall–Kier alpha value is -2.04. The second-order valence-electron chi connectivity index (χ2n) is 8.48. The van der Waals surface area contributed by atoms with E-state index in [0.717, 1.165) is 17.6 Å². The number of hydrogen-bond donors (Lipinski definition) is 2. The Labute approximate surface area is 184 Å². The highest BCUT2D eigenvalue weighted by molar-refractivity contribution is 7.92. The van der Waals surface area contributed by atoms with E-state index >= 15 is 0 Å². The molecule has 31 heavy (non-hydrogen) atoms. The van der Waals surface area contributed by atoms with Crippen molar-refractivity contribution in [1.29, 1.82) is 0 Å². The summed E-state index contributed by atoms with van der Waals surface area (Å²) in [6.45, 7) is 5.14. The Bertz CT molecular complexity index is 1090. The minimum atomic E-state index is -3.65. The number of carbonyl (C=O) groups excluding carboxylic acids is 1. The number of hydrogen-bond acceptors (Lipinski definition) is 7. The van der Waals surface area contributed by atoms with Crippen LogP contribution in [0.3, 0.4) is 0 Å². The van der Waals surface area contributed by atoms with Gasteiger partial charge in [-0.25, -0.2) is 8.42 Å². The molecule has 0 amide bonds. The van der Waals surface area contributed by atoms with Gasteiger partial charge in [0, 0.05) is 24.8 Å². The Morgan fingerprint density at radius 3 is 2.42 bits per heavy atom. The predicted molar refractivity (Wildman–Crippen MR) is 115 cm³/mol. The van der Waals surface area contributed by atoms with Crippen LogP contribution in [0.4, 0.5) is 14.5 Å². The average Bonchev–Trinajstić information content (AvgIpc) is 3.02. The zero-order chi connectivity index (χ0) is 23.2. The van der Waals surface area contributed by atoms with Gasteiger partial charge < -0.3 is 15.2 Å². The molecule has 10 heteroatoms. The zero-order valence-corrected chi connectivity index (χ0v) is 19.3. The van der Waals surface area contributed by atoms with Gasteiger partial charge in [-0.3, -0.25) is 4.79 Å². The molecule has 6 nitrogen and oxygen atoms in total. The monoisotopic (exact) mass is 473 g/mol. The Kier molecular flexibility index (Phi) is 6.20. The molecule has 2 aromatic rings. The number of halogens is 2. The molecule has 0 fully saturated rings. The van der Waals surface area contributed by atoms with Crippen molar-refractivity contribution in [3.8, 4) is 5.75 Å². The number of carbonyl (C=O) groups is 1. The van der Waals surface area contributed by atoms with Crippen LogP contribution in [0.2, 0.25) is 0 Å². The van der Waals surface area contributed by atoms with E-state index in [1.165, 1.54) is 31.2 Å². The van der Waals surface area contributed by atoms with Crippen molar-refractivity contribution in [2.75, 3.05) is 11.6 Å². The summed E-state index contributed by atoms with van der Waals surface area (Å²) in [6.07, 6.45) is -3.29. The minimum Gasteiger partial charge on any atom is -0.433 e. The molecule has 0 aliphatic heterocycles. The SMILES string of the molecule is CCC(F)(F)Oc1ccc(NC(O)c2sc(S(C)(=O)=O)c3c2CC(C)(C)CC3=O)cc1. The Balaban J connectivity index is 1.90. The number of aliphatic hydroxyl groups excluding tert-OH is 1. The Morgan fingerprint density at radius 1 is 1.26 bits per heavy atom. The van der Waals surface area contributed by atoms with Gasteiger partial charge in [0.05, 0.1) is 10.4 Å². The molecule has 1 aliphatic rings. The molecule has 0 radical (unpaired) electrons. The molecule has 2 N–H and O–H groups in total. The summed E-state index contributed by atoms with van der Waals surface area (Å²) < 4.78 is 55.9. The van der Waals surface area contributed by atoms with Crippen LogP contribution in [0.25, 0.3) is 0 Å². The molecule has 0 bridgehead atoms. The van der Waals surface area contributed by atoms with Crippen molar-refractivity contribution < 1.29 is 31.8 Å². The maximum absolute atomic E-state index is 13.4. The number of benzene rings is 1. The molecular formula is C21H25F2NO5S2. The predicted octanol–water partition coefficient (Wildman–Crippen LogP) is 4.79. The van der Waals surface area contributed by atoms with Crippen LogP contribution in [0, 0.1) is 5.41 Å². The molecule has 3 rings (SSSR count). The lowest BCUT2D eigenvalue weighted by atomic mass is 9.74. The first-order valence-electron chi connectivity index (χ1n) is 9.73. The standard InChI is InChI=1S/C21H25F2NO5S2/c1-5-21(22,23)29-13-8-6-12(7-9-13)24-18(26)17-14-10-20(2,3)11-15(25)16(14)19(30-17)31(4,27)28/h6-9,18,24,26H,5,10-11H2,1-4H3. The number of thiophene rings is 1. The third kappa shape index (κ3) is 5.24. The molecule has 1 atom stereocenters. The van der Waals surface area contributed by atoms with Gasteiger partial charge in [-0.15, -0.1) is 11.3 Å². The van der Waals surface area contributed by atoms with E-state index in [2.05, 4.69) is 10.1 Å². The molecule has 0 saturated heterocycles. The third-order valence-electron chi connectivity index (χ3n) is 5.00. The number of nitrogens with one attached hydrogen (secondary N) is 1. The average molecular weight is 474 g/mol. The van der Waals surface area contributed by atoms with Crippen molar-refractivity contribution in [2.24, 2.45) is 5.41 Å². The number of alkyl halides is 2. The van der Waals surface area contributed by atoms with Gasteiger partial charge in [0.25, 0.3) is 0 Å². The number of ketones is 1. The van der Waals surface area contributed by atoms with E-state index in [1.54, 1.807) is 0 Å². The van der Waals surface area contributed by atoms with Crippen molar-refractivity contribution in [3.05, 3.63) is 40.3 Å². The second-order valence-corrected chi connectivity index (χ2v) is 11.7. The van der Waals surface area contributed by atoms with Gasteiger partial charge >= 0.3 is 6.11 Å². The largest absolute Gasteiger partial charge is 0.433 e. The summed E-state index contributed by atoms with van der Waals surface area (Å²) in [7, 11) is -3.65. The first-order valence-corrected chi connectivity index (χ1v) is 12.4. The van der Waals surface area contributed by atoms with Gasteiger partial charge in [-0.05, 0) is 41.7 Å². The van der Waals surface area contributed by atoms with Crippen molar-refractivity contribution in [2.45, 2.75) is 56.6 Å². The Morgan fingerprint density at radius 2 is 1.87 bits per heavy atom. The van der Waals surface area contributed by atoms with Crippen LogP contribution < -0.4 is 10.1 Å². The lowest BCUT2D eigenvalue weighted by Crippen LogP contribution is -2.28. The van der Waals surface area contributed by atoms with Crippen LogP contribution in [-0.4, -0.2) is 31.7 Å². The fraction of sp³-hybridized carbons (Fsp3) is 0.476. The number of fused-ring (bicyclic) bond motifs is 1. The van der Waals surface area contributed by atoms with Gasteiger partial charge in [-0.1, -0.05) is 20.8 Å². The molecule has 1 aromatic heterocycles. The molecule has 1 unspecified atom stereocenters. The van der Waals surface area contributed by atoms with Gasteiger partial charge in [-0.2, -0.15) is 8.78 Å². The van der Waals surface area contributed by atoms with Crippen molar-refractivity contribution >= 4 is 32.6 Å². The number of Topliss-reactive ketones (excluding diaryl/α,β-unsaturated/α-hetero) is 1. The highest BCUT2D eigenvalue weighted by Gasteiger charge is 2.39. The van der Waals surface area contributed by atoms with Gasteiger partial charge in [0.15, 0.2) is 21.8 Å². The molecule has 1 aliphatic carbocycles. The van der Waals surface area contributed by atoms with E-state index in [1.807, 2.05) is 13.8 Å². The van der Waals surface area contributed by atoms with E-state index in [0.29, 0.717) is 22.5 Å². The molecule has 170 valence electrons. The van der Waals surface area contributed by atoms with Crippen LogP contribution in [0.5, 0.6) is 5.75 Å². The van der Waals surface area contributed by atoms with Crippen LogP contribution >= 0.6 is 11.3 Å². The lowest BCUT2D eigenvalue weighted by Gasteiger charge is -2.30. The summed E-state index contributed by atoms with van der Waals surface area (Å²) in [5.74, 6) is -0.271. The third-order valence-corrected chi connectivity index (χ3v) is 8.12. The summed E-state index contributed by atoms with van der Waals surface area (Å²) in [5.41, 5.74) is 0.768. The quantitative estimate of drug-likeness (QED) is 0.562. The topological polar surface area (TPSA) is 92.7 Å². The second kappa shape index (κ2) is 8.14. The summed E-state index contributed by atoms with van der Waals surface area (Å²) in [5, 5.41) is 13.6. The fourth-order valence-corrected chi connectivity index (χ4v) is 6.04. The molecule has 0 saturated carbocycles. The number of anilines is 1. The zero-order valence-electron chi connectivity index (χ0n) is 17.7. The first kappa shape index (κ1) is 23.6. The normalized spacial score (nSPS) is 17.2. The maximum atomic E-state index is 13.4. The van der Waals surface area contributed by atoms with Gasteiger partial charge in [0.1, 0.15) is 9.96 Å². The molecule has 1 aromatic carbocycles. The van der Waals surface area contributed by atoms with Crippen LogP contribution in [0.15, 0.2) is 28.5 Å². The van der Waals surface area contributed by atoms with E-state index in [9.17, 15) is 27.1 Å². The first-order chi connectivity index (χ1) is 14.2. The highest BCUT2D eigenvalue weighted by atomic mass is 32.2. The molecule has 0 spiro atoms. The van der Waals surface area contributed by atoms with Crippen LogP contribution in [-0.2, 0) is 16.3 Å². The molecular weight excluding hydrogens is 448 g/mol. The summed E-state index contributed by atoms with van der Waals surface area (Å²) >= 11 is 0.883. The van der Waals surface area contributed by atoms with E-state index < -0.39 is 28.6 Å². The smallest absolute Gasteiger partial charge is 0.397 e. The maximum Gasteiger partial charge on any atom is 0.397 e. The number of sulfone groups is 1. The highest BCUT2D eigenvalue weighted by Crippen LogP contribution is 2.45.